The number of cyclic esters (lactones) is 1. The van der Waals surface area contributed by atoms with E-state index in [0.717, 1.165) is 0 Å². The van der Waals surface area contributed by atoms with E-state index in [-0.39, 0.29) is 50.4 Å². The van der Waals surface area contributed by atoms with Gasteiger partial charge in [0.05, 0.1) is 54.3 Å². The Bertz CT molecular complexity index is 1680. The summed E-state index contributed by atoms with van der Waals surface area (Å²) in [6, 6.07) is 5.75. The summed E-state index contributed by atoms with van der Waals surface area (Å²) in [6.07, 6.45) is -5.29. The lowest BCUT2D eigenvalue weighted by atomic mass is 9.73. The van der Waals surface area contributed by atoms with Crippen LogP contribution >= 0.6 is 0 Å². The van der Waals surface area contributed by atoms with Crippen LogP contribution in [0.15, 0.2) is 34.3 Å². The molecule has 13 atom stereocenters. The highest BCUT2D eigenvalue weighted by Gasteiger charge is 2.53. The Hall–Kier alpha value is -3.51. The molecule has 3 aliphatic heterocycles. The van der Waals surface area contributed by atoms with Crippen LogP contribution in [0.4, 0.5) is 5.69 Å². The van der Waals surface area contributed by atoms with Gasteiger partial charge in [-0.2, -0.15) is 0 Å². The highest BCUT2D eigenvalue weighted by atomic mass is 16.7. The number of ketones is 1. The number of rotatable bonds is 7. The quantitative estimate of drug-likeness (QED) is 0.173. The van der Waals surface area contributed by atoms with Crippen molar-refractivity contribution in [2.24, 2.45) is 33.7 Å². The minimum atomic E-state index is -1.87. The smallest absolute Gasteiger partial charge is 0.316 e. The Morgan fingerprint density at radius 3 is 2.40 bits per heavy atom. The molecule has 3 heterocycles. The number of hydrogen-bond acceptors (Lipinski definition) is 14. The number of aliphatic imine (C=N–C) groups is 2. The van der Waals surface area contributed by atoms with Gasteiger partial charge < -0.3 is 38.8 Å². The molecule has 57 heavy (non-hydrogen) atoms. The number of Topliss-reactive ketones (excluding diaryl/α,β-unsaturated/α-hetero) is 1. The number of nitro benzene ring substituents is 1. The summed E-state index contributed by atoms with van der Waals surface area (Å²) in [6.45, 7) is 14.6. The van der Waals surface area contributed by atoms with Gasteiger partial charge in [-0.05, 0) is 72.5 Å². The number of esters is 1. The maximum atomic E-state index is 14.5. The Labute approximate surface area is 335 Å². The number of amides is 1. The molecule has 0 aromatic heterocycles. The Morgan fingerprint density at radius 2 is 1.79 bits per heavy atom. The molecule has 4 rings (SSSR count). The molecule has 16 nitrogen and oxygen atoms in total. The second-order valence-corrected chi connectivity index (χ2v) is 16.7. The van der Waals surface area contributed by atoms with Crippen molar-refractivity contribution in [1.82, 2.24) is 4.90 Å². The summed E-state index contributed by atoms with van der Waals surface area (Å²) in [5.41, 5.74) is -2.08. The second-order valence-electron chi connectivity index (χ2n) is 16.7. The molecule has 0 unspecified atom stereocenters. The monoisotopic (exact) mass is 802 g/mol. The van der Waals surface area contributed by atoms with Crippen molar-refractivity contribution in [3.63, 3.8) is 0 Å². The number of carbonyl (C=O) groups excluding carboxylic acids is 3. The van der Waals surface area contributed by atoms with E-state index in [4.69, 9.17) is 28.7 Å². The molecule has 0 spiro atoms. The zero-order valence-corrected chi connectivity index (χ0v) is 35.2. The van der Waals surface area contributed by atoms with Gasteiger partial charge in [-0.25, -0.2) is 4.99 Å². The highest BCUT2D eigenvalue weighted by Crippen LogP contribution is 2.40. The van der Waals surface area contributed by atoms with E-state index in [9.17, 15) is 34.7 Å². The van der Waals surface area contributed by atoms with Gasteiger partial charge >= 0.3 is 5.97 Å². The number of aliphatic hydroxyl groups excluding tert-OH is 1. The molecule has 3 aliphatic rings. The summed E-state index contributed by atoms with van der Waals surface area (Å²) in [5, 5.41) is 35.5. The zero-order valence-electron chi connectivity index (χ0n) is 35.2. The van der Waals surface area contributed by atoms with Crippen molar-refractivity contribution in [2.75, 3.05) is 27.3 Å². The average molecular weight is 803 g/mol. The predicted octanol–water partition coefficient (Wildman–Crippen LogP) is 4.10. The first-order valence-corrected chi connectivity index (χ1v) is 19.8. The standard InChI is InChI=1S/C41H62N4O12/c1-12-32-41(9,50)37-24(4)33(43-27(7)46)22(2)18-40(8,54-21-29(20-53-37)42-19-28-14-13-15-30(17-28)45(51)52)36(25(5)34(47)26(6)38(49)56-32)57-39-35(48)31(44(10)11)16-23(3)55-39/h13-15,17,22-26,31-32,35-37,39,48,50H,12,16,18-21H2,1-11H3/t22-,23-,24+,25+,26-,31+,32-,35-,36-,37+,39+,40-,41-/m1/s1. The van der Waals surface area contributed by atoms with Gasteiger partial charge in [0.2, 0.25) is 5.91 Å². The molecule has 3 fully saturated rings. The topological polar surface area (TPSA) is 209 Å². The fraction of sp³-hybridized carbons (Fsp3) is 0.732. The first-order chi connectivity index (χ1) is 26.6. The summed E-state index contributed by atoms with van der Waals surface area (Å²) >= 11 is 0. The number of ether oxygens (including phenoxy) is 5. The minimum Gasteiger partial charge on any atom is -0.459 e. The number of carbonyl (C=O) groups is 3. The van der Waals surface area contributed by atoms with Crippen molar-refractivity contribution < 1.29 is 53.2 Å². The third kappa shape index (κ3) is 10.8. The lowest BCUT2D eigenvalue weighted by molar-refractivity contribution is -0.384. The second kappa shape index (κ2) is 19.0. The van der Waals surface area contributed by atoms with Gasteiger partial charge in [-0.1, -0.05) is 39.8 Å². The largest absolute Gasteiger partial charge is 0.459 e. The number of fused-ring (bicyclic) bond motifs is 5. The number of hydrogen-bond donors (Lipinski definition) is 2. The van der Waals surface area contributed by atoms with E-state index in [1.165, 1.54) is 32.9 Å². The van der Waals surface area contributed by atoms with Crippen LogP contribution in [0.5, 0.6) is 0 Å². The van der Waals surface area contributed by atoms with E-state index in [1.54, 1.807) is 39.8 Å². The van der Waals surface area contributed by atoms with Crippen LogP contribution in [0.1, 0.15) is 87.1 Å². The van der Waals surface area contributed by atoms with Crippen LogP contribution in [-0.4, -0.2) is 130 Å². The van der Waals surface area contributed by atoms with Gasteiger partial charge in [0.25, 0.3) is 5.69 Å². The fourth-order valence-corrected chi connectivity index (χ4v) is 8.62. The molecule has 1 aromatic carbocycles. The lowest BCUT2D eigenvalue weighted by Crippen LogP contribution is -2.60. The molecule has 2 N–H and O–H groups in total. The summed E-state index contributed by atoms with van der Waals surface area (Å²) in [4.78, 5) is 63.3. The van der Waals surface area contributed by atoms with Gasteiger partial charge in [0.15, 0.2) is 12.1 Å². The average Bonchev–Trinajstić information content (AvgIpc) is 3.16. The van der Waals surface area contributed by atoms with Gasteiger partial charge in [-0.15, -0.1) is 0 Å². The van der Waals surface area contributed by atoms with E-state index in [1.807, 2.05) is 32.8 Å². The molecule has 3 saturated heterocycles. The molecule has 0 aliphatic carbocycles. The zero-order chi connectivity index (χ0) is 42.6. The van der Waals surface area contributed by atoms with E-state index < -0.39 is 88.2 Å². The molecular formula is C41H62N4O12. The maximum Gasteiger partial charge on any atom is 0.316 e. The van der Waals surface area contributed by atoms with Gasteiger partial charge in [0, 0.05) is 42.6 Å². The Kier molecular flexibility index (Phi) is 15.4. The summed E-state index contributed by atoms with van der Waals surface area (Å²) in [5.74, 6) is -5.46. The number of aliphatic hydroxyl groups is 2. The molecule has 1 amide bonds. The molecule has 0 saturated carbocycles. The first-order valence-electron chi connectivity index (χ1n) is 19.8. The van der Waals surface area contributed by atoms with Gasteiger partial charge in [0.1, 0.15) is 23.7 Å². The first kappa shape index (κ1) is 46.2. The number of likely N-dealkylation sites (N-methyl/N-ethyl adjacent to an activating group) is 1. The van der Waals surface area contributed by atoms with E-state index in [2.05, 4.69) is 4.99 Å². The number of benzene rings is 1. The minimum absolute atomic E-state index is 0.0258. The molecule has 318 valence electrons. The van der Waals surface area contributed by atoms with E-state index in [0.29, 0.717) is 23.4 Å². The number of nitrogens with zero attached hydrogens (tertiary/aromatic N) is 4. The predicted molar refractivity (Wildman–Crippen MR) is 211 cm³/mol. The third-order valence-corrected chi connectivity index (χ3v) is 11.7. The van der Waals surface area contributed by atoms with Crippen molar-refractivity contribution in [3.05, 3.63) is 39.9 Å². The van der Waals surface area contributed by atoms with E-state index >= 15 is 0 Å². The number of nitro groups is 1. The molecular weight excluding hydrogens is 740 g/mol. The van der Waals surface area contributed by atoms with Crippen LogP contribution in [-0.2, 0) is 44.6 Å². The van der Waals surface area contributed by atoms with Crippen LogP contribution in [0.25, 0.3) is 0 Å². The fourth-order valence-electron chi connectivity index (χ4n) is 8.62. The maximum absolute atomic E-state index is 14.5. The van der Waals surface area contributed by atoms with Crippen molar-refractivity contribution in [3.8, 4) is 0 Å². The van der Waals surface area contributed by atoms with Crippen LogP contribution < -0.4 is 0 Å². The SMILES string of the molecule is CC[C@H]1OC(=O)[C@H](C)C(=O)[C@H](C)[C@@H](O[C@@H]2O[C@H](C)C[C@H](N(C)C)[C@H]2O)[C@@]2(C)C[C@@H](C)C(=NC(C)=O)[C@H](C)[C@H](OCC(=NCc3cccc([N+](=O)[O-])c3)CO2)[C@]1(C)O. The molecule has 2 bridgehead atoms. The Balaban J connectivity index is 1.97. The number of non-ortho nitro benzene ring substituents is 1. The van der Waals surface area contributed by atoms with Crippen LogP contribution in [0.3, 0.4) is 0 Å². The summed E-state index contributed by atoms with van der Waals surface area (Å²) < 4.78 is 32.3. The van der Waals surface area contributed by atoms with Crippen LogP contribution in [0.2, 0.25) is 0 Å². The van der Waals surface area contributed by atoms with Crippen molar-refractivity contribution >= 4 is 34.8 Å². The van der Waals surface area contributed by atoms with Crippen LogP contribution in [0, 0.1) is 33.8 Å². The Morgan fingerprint density at radius 1 is 1.11 bits per heavy atom. The molecule has 16 heteroatoms. The highest BCUT2D eigenvalue weighted by molar-refractivity contribution is 6.00. The molecule has 1 aromatic rings. The summed E-state index contributed by atoms with van der Waals surface area (Å²) in [7, 11) is 3.70. The molecule has 0 radical (unpaired) electrons. The lowest BCUT2D eigenvalue weighted by Gasteiger charge is -2.47. The van der Waals surface area contributed by atoms with Gasteiger partial charge in [-0.3, -0.25) is 29.5 Å². The van der Waals surface area contributed by atoms with Crippen molar-refractivity contribution in [2.45, 2.75) is 142 Å². The third-order valence-electron chi connectivity index (χ3n) is 11.7. The van der Waals surface area contributed by atoms with Crippen molar-refractivity contribution in [1.29, 1.82) is 0 Å². The normalized spacial score (nSPS) is 38.9.